The van der Waals surface area contributed by atoms with Crippen LogP contribution in [-0.2, 0) is 28.1 Å². The Bertz CT molecular complexity index is 1080. The molecule has 0 bridgehead atoms. The monoisotopic (exact) mass is 459 g/mol. The van der Waals surface area contributed by atoms with Crippen LogP contribution in [0.1, 0.15) is 63.0 Å². The molecule has 0 amide bonds. The largest absolute Gasteiger partial charge is 0.485 e. The van der Waals surface area contributed by atoms with Gasteiger partial charge in [-0.3, -0.25) is 0 Å². The molecule has 0 aliphatic carbocycles. The lowest BCUT2D eigenvalue weighted by atomic mass is 9.86. The molecule has 2 unspecified atom stereocenters. The second kappa shape index (κ2) is 9.81. The van der Waals surface area contributed by atoms with Gasteiger partial charge >= 0.3 is 0 Å². The van der Waals surface area contributed by atoms with Gasteiger partial charge in [0.05, 0.1) is 13.2 Å². The molecule has 0 saturated heterocycles. The molecule has 1 aliphatic rings. The Morgan fingerprint density at radius 3 is 2.15 bits per heavy atom. The second-order valence-electron chi connectivity index (χ2n) is 10.6. The van der Waals surface area contributed by atoms with E-state index in [1.165, 1.54) is 5.56 Å². The van der Waals surface area contributed by atoms with Crippen molar-refractivity contribution in [3.63, 3.8) is 0 Å². The van der Waals surface area contributed by atoms with Gasteiger partial charge in [-0.2, -0.15) is 0 Å². The van der Waals surface area contributed by atoms with Crippen LogP contribution in [0.25, 0.3) is 0 Å². The minimum atomic E-state index is -0.555. The van der Waals surface area contributed by atoms with E-state index in [-0.39, 0.29) is 17.6 Å². The average molecular weight is 460 g/mol. The summed E-state index contributed by atoms with van der Waals surface area (Å²) in [6.45, 7) is 11.8. The van der Waals surface area contributed by atoms with Gasteiger partial charge in [-0.05, 0) is 54.2 Å². The summed E-state index contributed by atoms with van der Waals surface area (Å²) in [6, 6.07) is 25.1. The highest BCUT2D eigenvalue weighted by atomic mass is 16.6. The second-order valence-corrected chi connectivity index (χ2v) is 10.6. The molecule has 0 spiro atoms. The molecule has 2 atom stereocenters. The van der Waals surface area contributed by atoms with E-state index in [2.05, 4.69) is 82.4 Å². The van der Waals surface area contributed by atoms with Crippen LogP contribution in [0.4, 0.5) is 5.69 Å². The minimum absolute atomic E-state index is 0.129. The van der Waals surface area contributed by atoms with Crippen LogP contribution < -0.4 is 10.1 Å². The number of nitrogens with one attached hydrogen (secondary N) is 1. The number of rotatable bonds is 7. The molecule has 34 heavy (non-hydrogen) atoms. The Labute approximate surface area is 204 Å². The van der Waals surface area contributed by atoms with Gasteiger partial charge in [0.1, 0.15) is 23.6 Å². The Hall–Kier alpha value is -2.82. The van der Waals surface area contributed by atoms with Gasteiger partial charge in [0, 0.05) is 18.3 Å². The first-order valence-corrected chi connectivity index (χ1v) is 12.0. The van der Waals surface area contributed by atoms with Gasteiger partial charge in [-0.1, -0.05) is 75.4 Å². The van der Waals surface area contributed by atoms with Gasteiger partial charge < -0.3 is 19.5 Å². The van der Waals surface area contributed by atoms with Crippen molar-refractivity contribution in [1.82, 2.24) is 0 Å². The zero-order valence-electron chi connectivity index (χ0n) is 21.2. The molecular weight excluding hydrogens is 422 g/mol. The standard InChI is InChI=1S/C30H37NO3/c1-29(2,3)23-14-12-22(13-15-23)20-33-28-27(32-19-21-10-8-7-9-11-21)25-18-24(31-6)16-17-26(25)34-30(28,4)5/h7-18,27-28,31H,19-20H2,1-6H3. The van der Waals surface area contributed by atoms with Crippen LogP contribution in [0, 0.1) is 0 Å². The maximum Gasteiger partial charge on any atom is 0.132 e. The Balaban J connectivity index is 1.60. The first kappa shape index (κ1) is 24.3. The molecule has 1 heterocycles. The lowest BCUT2D eigenvalue weighted by Crippen LogP contribution is -2.50. The third kappa shape index (κ3) is 5.45. The highest BCUT2D eigenvalue weighted by Gasteiger charge is 2.45. The molecule has 1 N–H and O–H groups in total. The number of hydrogen-bond donors (Lipinski definition) is 1. The first-order chi connectivity index (χ1) is 16.2. The fourth-order valence-electron chi connectivity index (χ4n) is 4.40. The molecule has 0 radical (unpaired) electrons. The lowest BCUT2D eigenvalue weighted by Gasteiger charge is -2.44. The third-order valence-corrected chi connectivity index (χ3v) is 6.46. The van der Waals surface area contributed by atoms with Gasteiger partial charge in [0.15, 0.2) is 0 Å². The third-order valence-electron chi connectivity index (χ3n) is 6.46. The lowest BCUT2D eigenvalue weighted by molar-refractivity contribution is -0.170. The SMILES string of the molecule is CNc1ccc2c(c1)C(OCc1ccccc1)C(OCc1ccc(C(C)(C)C)cc1)C(C)(C)O2. The van der Waals surface area contributed by atoms with E-state index in [1.54, 1.807) is 0 Å². The van der Waals surface area contributed by atoms with Crippen LogP contribution in [0.3, 0.4) is 0 Å². The molecule has 3 aromatic carbocycles. The van der Waals surface area contributed by atoms with Gasteiger partial charge in [0.25, 0.3) is 0 Å². The summed E-state index contributed by atoms with van der Waals surface area (Å²) in [5.74, 6) is 0.844. The van der Waals surface area contributed by atoms with E-state index < -0.39 is 5.60 Å². The van der Waals surface area contributed by atoms with Crippen molar-refractivity contribution >= 4 is 5.69 Å². The van der Waals surface area contributed by atoms with Crippen molar-refractivity contribution in [1.29, 1.82) is 0 Å². The molecular formula is C30H37NO3. The zero-order valence-corrected chi connectivity index (χ0v) is 21.2. The summed E-state index contributed by atoms with van der Waals surface area (Å²) >= 11 is 0. The predicted octanol–water partition coefficient (Wildman–Crippen LogP) is 7.04. The van der Waals surface area contributed by atoms with Crippen molar-refractivity contribution in [2.75, 3.05) is 12.4 Å². The molecule has 4 nitrogen and oxygen atoms in total. The minimum Gasteiger partial charge on any atom is -0.485 e. The fourth-order valence-corrected chi connectivity index (χ4v) is 4.40. The van der Waals surface area contributed by atoms with Gasteiger partial charge in [-0.15, -0.1) is 0 Å². The maximum atomic E-state index is 6.57. The van der Waals surface area contributed by atoms with E-state index in [4.69, 9.17) is 14.2 Å². The zero-order chi connectivity index (χ0) is 24.3. The Morgan fingerprint density at radius 2 is 1.50 bits per heavy atom. The molecule has 0 saturated carbocycles. The van der Waals surface area contributed by atoms with Crippen molar-refractivity contribution < 1.29 is 14.2 Å². The van der Waals surface area contributed by atoms with Crippen LogP contribution >= 0.6 is 0 Å². The molecule has 0 fully saturated rings. The van der Waals surface area contributed by atoms with Crippen LogP contribution in [0.15, 0.2) is 72.8 Å². The van der Waals surface area contributed by atoms with Crippen LogP contribution in [0.5, 0.6) is 5.75 Å². The summed E-state index contributed by atoms with van der Waals surface area (Å²) in [5, 5.41) is 3.23. The van der Waals surface area contributed by atoms with E-state index in [1.807, 2.05) is 37.4 Å². The number of ether oxygens (including phenoxy) is 3. The van der Waals surface area contributed by atoms with Crippen molar-refractivity contribution in [3.8, 4) is 5.75 Å². The van der Waals surface area contributed by atoms with Gasteiger partial charge in [-0.25, -0.2) is 0 Å². The van der Waals surface area contributed by atoms with Crippen molar-refractivity contribution in [2.45, 2.75) is 71.1 Å². The van der Waals surface area contributed by atoms with E-state index in [9.17, 15) is 0 Å². The number of benzene rings is 3. The predicted molar refractivity (Wildman–Crippen MR) is 138 cm³/mol. The fraction of sp³-hybridized carbons (Fsp3) is 0.400. The smallest absolute Gasteiger partial charge is 0.132 e. The highest BCUT2D eigenvalue weighted by molar-refractivity contribution is 5.53. The van der Waals surface area contributed by atoms with Crippen molar-refractivity contribution in [2.24, 2.45) is 0 Å². The molecule has 0 aromatic heterocycles. The molecule has 180 valence electrons. The van der Waals surface area contributed by atoms with E-state index >= 15 is 0 Å². The normalized spacial score (nSPS) is 19.2. The van der Waals surface area contributed by atoms with Gasteiger partial charge in [0.2, 0.25) is 0 Å². The number of anilines is 1. The quantitative estimate of drug-likeness (QED) is 0.411. The van der Waals surface area contributed by atoms with Crippen molar-refractivity contribution in [3.05, 3.63) is 95.1 Å². The maximum absolute atomic E-state index is 6.57. The van der Waals surface area contributed by atoms with E-state index in [0.717, 1.165) is 28.1 Å². The van der Waals surface area contributed by atoms with E-state index in [0.29, 0.717) is 13.2 Å². The van der Waals surface area contributed by atoms with Crippen LogP contribution in [-0.4, -0.2) is 18.8 Å². The van der Waals surface area contributed by atoms with Crippen LogP contribution in [0.2, 0.25) is 0 Å². The molecule has 3 aromatic rings. The summed E-state index contributed by atoms with van der Waals surface area (Å²) < 4.78 is 19.6. The average Bonchev–Trinajstić information content (AvgIpc) is 2.81. The topological polar surface area (TPSA) is 39.7 Å². The molecule has 4 rings (SSSR count). The molecule has 4 heteroatoms. The summed E-state index contributed by atoms with van der Waals surface area (Å²) in [4.78, 5) is 0. The Kier molecular flexibility index (Phi) is 7.01. The Morgan fingerprint density at radius 1 is 0.853 bits per heavy atom. The summed E-state index contributed by atoms with van der Waals surface area (Å²) in [5.41, 5.74) is 5.19. The first-order valence-electron chi connectivity index (χ1n) is 12.0. The highest BCUT2D eigenvalue weighted by Crippen LogP contribution is 2.45. The summed E-state index contributed by atoms with van der Waals surface area (Å²) in [7, 11) is 1.92. The number of hydrogen-bond acceptors (Lipinski definition) is 4. The summed E-state index contributed by atoms with van der Waals surface area (Å²) in [6.07, 6.45) is -0.542. The molecule has 1 aliphatic heterocycles. The number of fused-ring (bicyclic) bond motifs is 1.